The molecule has 0 fully saturated rings. The van der Waals surface area contributed by atoms with E-state index < -0.39 is 11.4 Å². The molecule has 0 aliphatic carbocycles. The summed E-state index contributed by atoms with van der Waals surface area (Å²) in [5, 5.41) is 9.26. The predicted molar refractivity (Wildman–Crippen MR) is 54.3 cm³/mol. The molecule has 4 nitrogen and oxygen atoms in total. The molecule has 1 aromatic heterocycles. The van der Waals surface area contributed by atoms with E-state index in [0.29, 0.717) is 4.88 Å². The second-order valence-electron chi connectivity index (χ2n) is 3.27. The minimum Gasteiger partial charge on any atom is -0.481 e. The van der Waals surface area contributed by atoms with Crippen molar-refractivity contribution in [2.24, 2.45) is 0 Å². The Labute approximate surface area is 90.6 Å². The van der Waals surface area contributed by atoms with Gasteiger partial charge < -0.3 is 9.84 Å². The fourth-order valence-electron chi connectivity index (χ4n) is 0.877. The first-order valence-corrected chi connectivity index (χ1v) is 4.99. The molecule has 1 aromatic rings. The number of ether oxygens (including phenoxy) is 1. The smallest absolute Gasteiger partial charge is 0.314 e. The second kappa shape index (κ2) is 3.74. The van der Waals surface area contributed by atoms with Crippen LogP contribution < -0.4 is 4.74 Å². The molecular weight excluding hydrogens is 226 g/mol. The molecule has 0 spiro atoms. The molecule has 1 heterocycles. The maximum atomic E-state index is 11.0. The lowest BCUT2D eigenvalue weighted by Gasteiger charge is -2.16. The quantitative estimate of drug-likeness (QED) is 0.872. The van der Waals surface area contributed by atoms with Crippen LogP contribution in [-0.4, -0.2) is 22.6 Å². The third-order valence-corrected chi connectivity index (χ3v) is 3.52. The summed E-state index contributed by atoms with van der Waals surface area (Å²) in [7, 11) is 1.44. The Hall–Kier alpha value is -0.810. The van der Waals surface area contributed by atoms with E-state index in [0.717, 1.165) is 11.5 Å². The zero-order chi connectivity index (χ0) is 10.9. The fraction of sp³-hybridized carbons (Fsp3) is 0.500. The summed E-state index contributed by atoms with van der Waals surface area (Å²) in [5.74, 6) is -0.660. The first-order chi connectivity index (χ1) is 6.41. The molecule has 0 saturated carbocycles. The molecule has 0 bridgehead atoms. The molecule has 0 amide bonds. The van der Waals surface area contributed by atoms with Gasteiger partial charge in [0, 0.05) is 0 Å². The zero-order valence-electron chi connectivity index (χ0n) is 8.00. The molecule has 0 aliphatic rings. The van der Waals surface area contributed by atoms with Crippen molar-refractivity contribution in [2.45, 2.75) is 19.3 Å². The molecule has 1 N–H and O–H groups in total. The van der Waals surface area contributed by atoms with Crippen LogP contribution in [0.1, 0.15) is 18.7 Å². The maximum Gasteiger partial charge on any atom is 0.314 e. The summed E-state index contributed by atoms with van der Waals surface area (Å²) in [6, 6.07) is 0. The molecule has 78 valence electrons. The van der Waals surface area contributed by atoms with Gasteiger partial charge in [-0.05, 0) is 25.4 Å². The second-order valence-corrected chi connectivity index (χ2v) is 4.42. The standard InChI is InChI=1S/C8H10ClNO3S/c1-8(2,7(11)12)5-4(9)6(13-3)10-14-5/h1-3H3,(H,11,12). The SMILES string of the molecule is COc1nsc(C(C)(C)C(=O)O)c1Cl. The monoisotopic (exact) mass is 235 g/mol. The number of nitrogens with zero attached hydrogens (tertiary/aromatic N) is 1. The first-order valence-electron chi connectivity index (χ1n) is 3.84. The Balaban J connectivity index is 3.20. The normalized spacial score (nSPS) is 11.4. The Kier molecular flexibility index (Phi) is 3.01. The number of aliphatic carboxylic acids is 1. The molecule has 0 atom stereocenters. The number of hydrogen-bond acceptors (Lipinski definition) is 4. The molecule has 0 unspecified atom stereocenters. The molecular formula is C8H10ClNO3S. The molecule has 0 radical (unpaired) electrons. The van der Waals surface area contributed by atoms with E-state index in [-0.39, 0.29) is 10.9 Å². The van der Waals surface area contributed by atoms with Crippen LogP contribution >= 0.6 is 23.1 Å². The van der Waals surface area contributed by atoms with Crippen LogP contribution in [0.4, 0.5) is 0 Å². The highest BCUT2D eigenvalue weighted by atomic mass is 35.5. The average Bonchev–Trinajstić information content (AvgIpc) is 2.46. The van der Waals surface area contributed by atoms with Gasteiger partial charge in [-0.25, -0.2) is 0 Å². The minimum absolute atomic E-state index is 0.279. The van der Waals surface area contributed by atoms with E-state index >= 15 is 0 Å². The van der Waals surface area contributed by atoms with Gasteiger partial charge in [0.05, 0.1) is 17.4 Å². The van der Waals surface area contributed by atoms with Crippen LogP contribution in [0, 0.1) is 0 Å². The highest BCUT2D eigenvalue weighted by Crippen LogP contribution is 2.39. The van der Waals surface area contributed by atoms with Gasteiger partial charge in [0.15, 0.2) is 0 Å². The number of hydrogen-bond donors (Lipinski definition) is 1. The topological polar surface area (TPSA) is 59.4 Å². The Morgan fingerprint density at radius 1 is 1.64 bits per heavy atom. The largest absolute Gasteiger partial charge is 0.481 e. The van der Waals surface area contributed by atoms with Crippen molar-refractivity contribution in [3.63, 3.8) is 0 Å². The average molecular weight is 236 g/mol. The maximum absolute atomic E-state index is 11.0. The third-order valence-electron chi connectivity index (χ3n) is 1.90. The molecule has 0 saturated heterocycles. The summed E-state index contributed by atoms with van der Waals surface area (Å²) in [6.45, 7) is 3.16. The van der Waals surface area contributed by atoms with E-state index in [1.54, 1.807) is 13.8 Å². The zero-order valence-corrected chi connectivity index (χ0v) is 9.57. The summed E-state index contributed by atoms with van der Waals surface area (Å²) >= 11 is 6.96. The van der Waals surface area contributed by atoms with Gasteiger partial charge in [0.1, 0.15) is 5.02 Å². The summed E-state index contributed by atoms with van der Waals surface area (Å²) < 4.78 is 8.78. The lowest BCUT2D eigenvalue weighted by molar-refractivity contribution is -0.142. The van der Waals surface area contributed by atoms with E-state index in [2.05, 4.69) is 4.37 Å². The Morgan fingerprint density at radius 3 is 2.57 bits per heavy atom. The van der Waals surface area contributed by atoms with Gasteiger partial charge in [-0.1, -0.05) is 11.6 Å². The van der Waals surface area contributed by atoms with Crippen molar-refractivity contribution >= 4 is 29.1 Å². The molecule has 0 aromatic carbocycles. The molecule has 6 heteroatoms. The van der Waals surface area contributed by atoms with Crippen molar-refractivity contribution in [3.8, 4) is 5.88 Å². The van der Waals surface area contributed by atoms with Crippen molar-refractivity contribution in [1.82, 2.24) is 4.37 Å². The number of halogens is 1. The Morgan fingerprint density at radius 2 is 2.21 bits per heavy atom. The van der Waals surface area contributed by atoms with E-state index in [1.165, 1.54) is 7.11 Å². The van der Waals surface area contributed by atoms with Crippen LogP contribution in [0.25, 0.3) is 0 Å². The number of carbonyl (C=O) groups is 1. The highest BCUT2D eigenvalue weighted by molar-refractivity contribution is 7.07. The lowest BCUT2D eigenvalue weighted by atomic mass is 9.92. The van der Waals surface area contributed by atoms with Gasteiger partial charge in [-0.2, -0.15) is 4.37 Å². The summed E-state index contributed by atoms with van der Waals surface area (Å²) in [4.78, 5) is 11.5. The summed E-state index contributed by atoms with van der Waals surface area (Å²) in [6.07, 6.45) is 0. The van der Waals surface area contributed by atoms with E-state index in [9.17, 15) is 4.79 Å². The van der Waals surface area contributed by atoms with Crippen molar-refractivity contribution < 1.29 is 14.6 Å². The van der Waals surface area contributed by atoms with E-state index in [1.807, 2.05) is 0 Å². The van der Waals surface area contributed by atoms with Crippen LogP contribution in [0.15, 0.2) is 0 Å². The lowest BCUT2D eigenvalue weighted by Crippen LogP contribution is -2.27. The molecule has 1 rings (SSSR count). The first kappa shape index (κ1) is 11.3. The highest BCUT2D eigenvalue weighted by Gasteiger charge is 2.35. The number of carboxylic acids is 1. The third kappa shape index (κ3) is 1.69. The van der Waals surface area contributed by atoms with Crippen LogP contribution in [0.2, 0.25) is 5.02 Å². The van der Waals surface area contributed by atoms with Crippen LogP contribution in [0.3, 0.4) is 0 Å². The molecule has 14 heavy (non-hydrogen) atoms. The fourth-order valence-corrected chi connectivity index (χ4v) is 2.21. The van der Waals surface area contributed by atoms with Gasteiger partial charge in [-0.3, -0.25) is 4.79 Å². The van der Waals surface area contributed by atoms with Crippen molar-refractivity contribution in [1.29, 1.82) is 0 Å². The Bertz CT molecular complexity index is 361. The van der Waals surface area contributed by atoms with Gasteiger partial charge in [-0.15, -0.1) is 0 Å². The predicted octanol–water partition coefficient (Wildman–Crippen LogP) is 2.17. The number of carboxylic acid groups (broad SMARTS) is 1. The van der Waals surface area contributed by atoms with Gasteiger partial charge in [0.2, 0.25) is 5.88 Å². The number of methoxy groups -OCH3 is 1. The minimum atomic E-state index is -1.04. The van der Waals surface area contributed by atoms with Gasteiger partial charge in [0.25, 0.3) is 0 Å². The van der Waals surface area contributed by atoms with Crippen LogP contribution in [0.5, 0.6) is 5.88 Å². The van der Waals surface area contributed by atoms with Crippen molar-refractivity contribution in [3.05, 3.63) is 9.90 Å². The molecule has 0 aliphatic heterocycles. The van der Waals surface area contributed by atoms with Gasteiger partial charge >= 0.3 is 5.97 Å². The number of aromatic nitrogens is 1. The van der Waals surface area contributed by atoms with Crippen molar-refractivity contribution in [2.75, 3.05) is 7.11 Å². The van der Waals surface area contributed by atoms with E-state index in [4.69, 9.17) is 21.4 Å². The number of rotatable bonds is 3. The summed E-state index contributed by atoms with van der Waals surface area (Å²) in [5.41, 5.74) is -1.04. The van der Waals surface area contributed by atoms with Crippen LogP contribution in [-0.2, 0) is 10.2 Å².